The molecule has 6 nitrogen and oxygen atoms in total. The van der Waals surface area contributed by atoms with Crippen molar-refractivity contribution in [3.8, 4) is 0 Å². The van der Waals surface area contributed by atoms with Crippen LogP contribution in [-0.4, -0.2) is 46.0 Å². The highest BCUT2D eigenvalue weighted by Gasteiger charge is 2.73. The third-order valence-electron chi connectivity index (χ3n) is 5.25. The molecule has 0 aromatic heterocycles. The minimum absolute atomic E-state index is 0.352. The number of benzene rings is 2. The van der Waals surface area contributed by atoms with Crippen LogP contribution in [0.25, 0.3) is 0 Å². The number of ether oxygens (including phenoxy) is 2. The van der Waals surface area contributed by atoms with Crippen molar-refractivity contribution in [2.45, 2.75) is 41.9 Å². The summed E-state index contributed by atoms with van der Waals surface area (Å²) >= 11 is 0. The lowest BCUT2D eigenvalue weighted by Gasteiger charge is -2.30. The zero-order chi connectivity index (χ0) is 19.9. The Balaban J connectivity index is 1.88. The molecule has 2 fully saturated rings. The van der Waals surface area contributed by atoms with Crippen molar-refractivity contribution in [2.75, 3.05) is 13.7 Å². The molecule has 148 valence electrons. The van der Waals surface area contributed by atoms with Gasteiger partial charge in [-0.25, -0.2) is 0 Å². The molecule has 0 radical (unpaired) electrons. The molecule has 2 heterocycles. The highest BCUT2D eigenvalue weighted by Crippen LogP contribution is 2.53. The Labute approximate surface area is 166 Å². The number of hydrogen-bond donors (Lipinski definition) is 0. The molecule has 2 aliphatic rings. The molecule has 0 amide bonds. The summed E-state index contributed by atoms with van der Waals surface area (Å²) in [5.41, 5.74) is 1.89. The first-order chi connectivity index (χ1) is 13.5. The Morgan fingerprint density at radius 2 is 1.82 bits per heavy atom. The molecule has 4 rings (SSSR count). The van der Waals surface area contributed by atoms with Crippen molar-refractivity contribution in [1.82, 2.24) is 5.06 Å². The minimum atomic E-state index is -1.72. The maximum atomic E-state index is 13.9. The summed E-state index contributed by atoms with van der Waals surface area (Å²) in [6, 6.07) is 16.3. The van der Waals surface area contributed by atoms with E-state index in [-0.39, 0.29) is 0 Å². The molecular weight excluding hydrogens is 378 g/mol. The van der Waals surface area contributed by atoms with E-state index >= 15 is 0 Å². The second-order valence-electron chi connectivity index (χ2n) is 6.99. The van der Waals surface area contributed by atoms with E-state index < -0.39 is 40.0 Å². The van der Waals surface area contributed by atoms with Gasteiger partial charge in [-0.3, -0.25) is 13.8 Å². The van der Waals surface area contributed by atoms with Gasteiger partial charge in [0.15, 0.2) is 6.10 Å². The van der Waals surface area contributed by atoms with E-state index in [9.17, 15) is 9.00 Å². The molecule has 0 saturated carbocycles. The summed E-state index contributed by atoms with van der Waals surface area (Å²) in [5.74, 6) is -0.562. The van der Waals surface area contributed by atoms with Crippen molar-refractivity contribution in [1.29, 1.82) is 0 Å². The van der Waals surface area contributed by atoms with Crippen molar-refractivity contribution < 1.29 is 23.3 Å². The number of cyclic esters (lactones) is 1. The van der Waals surface area contributed by atoms with Gasteiger partial charge in [0, 0.05) is 18.6 Å². The highest BCUT2D eigenvalue weighted by molar-refractivity contribution is 7.87. The first kappa shape index (κ1) is 19.3. The van der Waals surface area contributed by atoms with Crippen LogP contribution in [0.2, 0.25) is 0 Å². The molecule has 2 aromatic carbocycles. The maximum Gasteiger partial charge on any atom is 0.332 e. The Bertz CT molecular complexity index is 887. The van der Waals surface area contributed by atoms with Crippen LogP contribution < -0.4 is 0 Å². The van der Waals surface area contributed by atoms with Gasteiger partial charge in [-0.15, -0.1) is 0 Å². The first-order valence-electron chi connectivity index (χ1n) is 9.26. The van der Waals surface area contributed by atoms with Gasteiger partial charge in [0.1, 0.15) is 0 Å². The summed E-state index contributed by atoms with van der Waals surface area (Å²) in [6.45, 7) is 4.13. The Morgan fingerprint density at radius 3 is 2.46 bits per heavy atom. The number of aryl methyl sites for hydroxylation is 1. The van der Waals surface area contributed by atoms with Gasteiger partial charge in [-0.2, -0.15) is 5.06 Å². The molecule has 0 aliphatic carbocycles. The molecule has 2 saturated heterocycles. The summed E-state index contributed by atoms with van der Waals surface area (Å²) in [6.07, 6.45) is -1.71. The fourth-order valence-electron chi connectivity index (χ4n) is 4.00. The Morgan fingerprint density at radius 1 is 1.14 bits per heavy atom. The van der Waals surface area contributed by atoms with Crippen molar-refractivity contribution in [3.05, 3.63) is 65.7 Å². The number of carbonyl (C=O) groups excluding carboxylic acids is 1. The zero-order valence-corrected chi connectivity index (χ0v) is 16.8. The van der Waals surface area contributed by atoms with Crippen LogP contribution in [0.15, 0.2) is 59.5 Å². The van der Waals surface area contributed by atoms with Crippen LogP contribution in [0.1, 0.15) is 24.1 Å². The first-order valence-corrected chi connectivity index (χ1v) is 10.4. The number of carbonyl (C=O) groups is 1. The number of rotatable bonds is 5. The van der Waals surface area contributed by atoms with Crippen LogP contribution in [0.3, 0.4) is 0 Å². The molecule has 2 aromatic rings. The van der Waals surface area contributed by atoms with Crippen LogP contribution in [-0.2, 0) is 29.9 Å². The summed E-state index contributed by atoms with van der Waals surface area (Å²) in [5, 5.41) is 1.61. The topological polar surface area (TPSA) is 65.1 Å². The van der Waals surface area contributed by atoms with E-state index in [1.165, 1.54) is 0 Å². The van der Waals surface area contributed by atoms with Gasteiger partial charge < -0.3 is 9.47 Å². The largest absolute Gasteiger partial charge is 0.431 e. The SMILES string of the molecule is CCO[C@@H]1OC(=O)[C@@]2([S@@](=O)c3ccc(C)cc3)[C@H](c3ccccc3)N(C)O[C@@H]12. The molecule has 2 aliphatic heterocycles. The molecule has 5 atom stereocenters. The van der Waals surface area contributed by atoms with Gasteiger partial charge in [0.25, 0.3) is 0 Å². The Hall–Kier alpha value is -2.06. The smallest absolute Gasteiger partial charge is 0.332 e. The molecule has 0 unspecified atom stereocenters. The molecular formula is C21H23NO5S. The van der Waals surface area contributed by atoms with Gasteiger partial charge in [0.2, 0.25) is 11.0 Å². The van der Waals surface area contributed by atoms with E-state index in [0.29, 0.717) is 11.5 Å². The van der Waals surface area contributed by atoms with E-state index in [0.717, 1.165) is 11.1 Å². The third-order valence-corrected chi connectivity index (χ3v) is 7.19. The lowest BCUT2D eigenvalue weighted by molar-refractivity contribution is -0.225. The molecule has 28 heavy (non-hydrogen) atoms. The van der Waals surface area contributed by atoms with Gasteiger partial charge in [-0.1, -0.05) is 48.0 Å². The highest BCUT2D eigenvalue weighted by atomic mass is 32.2. The fraction of sp³-hybridized carbons (Fsp3) is 0.381. The van der Waals surface area contributed by atoms with Crippen molar-refractivity contribution >= 4 is 16.8 Å². The molecule has 0 spiro atoms. The minimum Gasteiger partial charge on any atom is -0.431 e. The number of hydroxylamine groups is 2. The lowest BCUT2D eigenvalue weighted by atomic mass is 9.90. The molecule has 7 heteroatoms. The van der Waals surface area contributed by atoms with Crippen molar-refractivity contribution in [2.24, 2.45) is 0 Å². The van der Waals surface area contributed by atoms with Gasteiger partial charge in [-0.05, 0) is 31.5 Å². The maximum absolute atomic E-state index is 13.9. The second-order valence-corrected chi connectivity index (χ2v) is 8.67. The van der Waals surface area contributed by atoms with Gasteiger partial charge in [0.05, 0.1) is 16.8 Å². The summed E-state index contributed by atoms with van der Waals surface area (Å²) in [7, 11) is 0.0303. The standard InChI is InChI=1S/C21H23NO5S/c1-4-25-19-18-21(20(23)26-19,28(24)16-12-10-14(2)11-13-16)17(22(3)27-18)15-8-6-5-7-9-15/h5-13,17-19H,4H2,1-3H3/t17-,18-,19+,21+,28-/m0/s1. The predicted molar refractivity (Wildman–Crippen MR) is 104 cm³/mol. The predicted octanol–water partition coefficient (Wildman–Crippen LogP) is 2.75. The quantitative estimate of drug-likeness (QED) is 0.718. The van der Waals surface area contributed by atoms with E-state index in [4.69, 9.17) is 14.3 Å². The van der Waals surface area contributed by atoms with Crippen molar-refractivity contribution in [3.63, 3.8) is 0 Å². The average Bonchev–Trinajstić information content (AvgIpc) is 3.15. The normalized spacial score (nSPS) is 30.8. The molecule has 0 N–H and O–H groups in total. The van der Waals surface area contributed by atoms with Gasteiger partial charge >= 0.3 is 5.97 Å². The van der Waals surface area contributed by atoms with Crippen LogP contribution in [0.4, 0.5) is 0 Å². The van der Waals surface area contributed by atoms with Crippen LogP contribution in [0.5, 0.6) is 0 Å². The number of esters is 1. The number of hydrogen-bond acceptors (Lipinski definition) is 6. The van der Waals surface area contributed by atoms with E-state index in [1.54, 1.807) is 24.2 Å². The average molecular weight is 401 g/mol. The number of nitrogens with zero attached hydrogens (tertiary/aromatic N) is 1. The summed E-state index contributed by atoms with van der Waals surface area (Å²) in [4.78, 5) is 19.9. The lowest BCUT2D eigenvalue weighted by Crippen LogP contribution is -2.51. The van der Waals surface area contributed by atoms with Crippen LogP contribution >= 0.6 is 0 Å². The fourth-order valence-corrected chi connectivity index (χ4v) is 5.83. The summed E-state index contributed by atoms with van der Waals surface area (Å²) < 4.78 is 23.6. The monoisotopic (exact) mass is 401 g/mol. The number of fused-ring (bicyclic) bond motifs is 1. The second kappa shape index (κ2) is 7.40. The zero-order valence-electron chi connectivity index (χ0n) is 16.0. The third kappa shape index (κ3) is 2.81. The van der Waals surface area contributed by atoms with E-state index in [2.05, 4.69) is 0 Å². The van der Waals surface area contributed by atoms with E-state index in [1.807, 2.05) is 56.3 Å². The molecule has 0 bridgehead atoms. The Kier molecular flexibility index (Phi) is 5.09. The van der Waals surface area contributed by atoms with Crippen LogP contribution in [0, 0.1) is 6.92 Å².